The van der Waals surface area contributed by atoms with Crippen LogP contribution in [-0.4, -0.2) is 20.2 Å². The number of nitrogens with one attached hydrogen (secondary N) is 2. The Kier molecular flexibility index (Phi) is 2.25. The summed E-state index contributed by atoms with van der Waals surface area (Å²) in [4.78, 5) is 19.6. The average molecular weight is 306 g/mol. The van der Waals surface area contributed by atoms with Crippen LogP contribution in [0.5, 0.6) is 11.8 Å². The third kappa shape index (κ3) is 1.40. The fraction of sp³-hybridized carbons (Fsp3) is 0.235. The Balaban J connectivity index is 1.97. The molecule has 6 heteroatoms. The smallest absolute Gasteiger partial charge is 0.259 e. The van der Waals surface area contributed by atoms with E-state index in [1.807, 2.05) is 19.1 Å². The molecule has 2 aliphatic rings. The number of aromatic amines is 2. The molecule has 23 heavy (non-hydrogen) atoms. The molecule has 0 radical (unpaired) electrons. The molecular formula is C17H14N4O2. The van der Waals surface area contributed by atoms with Crippen molar-refractivity contribution in [3.8, 4) is 11.8 Å². The Hall–Kier alpha value is -2.89. The molecule has 1 aliphatic carbocycles. The molecule has 1 aromatic carbocycles. The van der Waals surface area contributed by atoms with Crippen molar-refractivity contribution >= 4 is 0 Å². The molecule has 1 spiro atoms. The largest absolute Gasteiger partial charge is 0.418 e. The van der Waals surface area contributed by atoms with E-state index in [1.165, 1.54) is 11.9 Å². The van der Waals surface area contributed by atoms with E-state index >= 15 is 0 Å². The van der Waals surface area contributed by atoms with Crippen LogP contribution in [0, 0.1) is 6.92 Å². The monoisotopic (exact) mass is 306 g/mol. The van der Waals surface area contributed by atoms with E-state index in [2.05, 4.69) is 32.3 Å². The summed E-state index contributed by atoms with van der Waals surface area (Å²) in [5.74, 6) is 0.870. The lowest BCUT2D eigenvalue weighted by Gasteiger charge is -2.34. The third-order valence-corrected chi connectivity index (χ3v) is 5.03. The first-order chi connectivity index (χ1) is 11.2. The normalized spacial score (nSPS) is 20.7. The molecular weight excluding hydrogens is 292 g/mol. The summed E-state index contributed by atoms with van der Waals surface area (Å²) in [5.41, 5.74) is 4.17. The molecule has 0 fully saturated rings. The summed E-state index contributed by atoms with van der Waals surface area (Å²) < 4.78 is 5.81. The predicted molar refractivity (Wildman–Crippen MR) is 82.9 cm³/mol. The van der Waals surface area contributed by atoms with Gasteiger partial charge in [0.25, 0.3) is 5.56 Å². The number of benzene rings is 1. The number of hydrogen-bond acceptors (Lipinski definition) is 4. The van der Waals surface area contributed by atoms with Gasteiger partial charge in [-0.2, -0.15) is 0 Å². The number of fused-ring (bicyclic) bond motifs is 6. The summed E-state index contributed by atoms with van der Waals surface area (Å²) in [6.45, 7) is 1.97. The number of nitrogens with zero attached hydrogens (tertiary/aromatic N) is 2. The van der Waals surface area contributed by atoms with E-state index in [9.17, 15) is 4.79 Å². The van der Waals surface area contributed by atoms with Gasteiger partial charge in [0.1, 0.15) is 0 Å². The van der Waals surface area contributed by atoms with Gasteiger partial charge in [0.2, 0.25) is 11.8 Å². The van der Waals surface area contributed by atoms with Crippen LogP contribution in [0.2, 0.25) is 0 Å². The minimum absolute atomic E-state index is 0.155. The predicted octanol–water partition coefficient (Wildman–Crippen LogP) is 2.19. The molecule has 1 unspecified atom stereocenters. The standard InChI is InChI=1S/C17H14N4O2/c1-9-12-16(21-20-9)23-15-13(14(22)18-8-19-15)17(12)7-6-10-4-2-3-5-11(10)17/h2-5,8H,6-7H2,1H3,(H,20,21)(H,18,19,22). The highest BCUT2D eigenvalue weighted by Gasteiger charge is 2.52. The molecule has 0 bridgehead atoms. The summed E-state index contributed by atoms with van der Waals surface area (Å²) in [6.07, 6.45) is 3.10. The van der Waals surface area contributed by atoms with E-state index < -0.39 is 5.41 Å². The van der Waals surface area contributed by atoms with Crippen molar-refractivity contribution in [2.45, 2.75) is 25.2 Å². The Labute approximate surface area is 131 Å². The lowest BCUT2D eigenvalue weighted by Crippen LogP contribution is -2.37. The highest BCUT2D eigenvalue weighted by atomic mass is 16.5. The molecule has 0 amide bonds. The molecule has 0 saturated heterocycles. The van der Waals surface area contributed by atoms with E-state index in [-0.39, 0.29) is 5.56 Å². The Morgan fingerprint density at radius 1 is 1.22 bits per heavy atom. The van der Waals surface area contributed by atoms with Gasteiger partial charge in [-0.1, -0.05) is 24.3 Å². The summed E-state index contributed by atoms with van der Waals surface area (Å²) >= 11 is 0. The Bertz CT molecular complexity index is 1000. The maximum Gasteiger partial charge on any atom is 0.259 e. The van der Waals surface area contributed by atoms with Gasteiger partial charge < -0.3 is 9.72 Å². The second-order valence-corrected chi connectivity index (χ2v) is 6.11. The molecule has 0 saturated carbocycles. The van der Waals surface area contributed by atoms with Gasteiger partial charge in [0.05, 0.1) is 22.9 Å². The molecule has 5 rings (SSSR count). The number of ether oxygens (including phenoxy) is 1. The SMILES string of the molecule is Cc1[nH]nc2c1C1(CCc3ccccc31)c1c(nc[nH]c1=O)O2. The van der Waals surface area contributed by atoms with Gasteiger partial charge in [-0.3, -0.25) is 9.89 Å². The zero-order valence-electron chi connectivity index (χ0n) is 12.5. The van der Waals surface area contributed by atoms with Crippen LogP contribution in [0.4, 0.5) is 0 Å². The first-order valence-corrected chi connectivity index (χ1v) is 7.61. The number of aryl methyl sites for hydroxylation is 2. The number of hydrogen-bond donors (Lipinski definition) is 2. The first-order valence-electron chi connectivity index (χ1n) is 7.61. The zero-order chi connectivity index (χ0) is 15.6. The van der Waals surface area contributed by atoms with Crippen LogP contribution in [0.15, 0.2) is 35.4 Å². The molecule has 2 aromatic heterocycles. The van der Waals surface area contributed by atoms with Gasteiger partial charge >= 0.3 is 0 Å². The minimum Gasteiger partial charge on any atom is -0.418 e. The van der Waals surface area contributed by atoms with Gasteiger partial charge in [0, 0.05) is 5.69 Å². The van der Waals surface area contributed by atoms with Crippen molar-refractivity contribution < 1.29 is 4.74 Å². The topological polar surface area (TPSA) is 83.7 Å². The first kappa shape index (κ1) is 12.6. The van der Waals surface area contributed by atoms with Crippen molar-refractivity contribution in [3.05, 3.63) is 68.9 Å². The van der Waals surface area contributed by atoms with Gasteiger partial charge in [-0.15, -0.1) is 5.10 Å². The number of H-pyrrole nitrogens is 2. The molecule has 3 heterocycles. The lowest BCUT2D eigenvalue weighted by molar-refractivity contribution is 0.383. The number of aromatic nitrogens is 4. The van der Waals surface area contributed by atoms with Gasteiger partial charge in [-0.25, -0.2) is 4.98 Å². The fourth-order valence-corrected chi connectivity index (χ4v) is 4.17. The van der Waals surface area contributed by atoms with Crippen LogP contribution in [0.3, 0.4) is 0 Å². The molecule has 114 valence electrons. The summed E-state index contributed by atoms with van der Waals surface area (Å²) in [5, 5.41) is 7.28. The van der Waals surface area contributed by atoms with E-state index in [4.69, 9.17) is 4.74 Å². The highest BCUT2D eigenvalue weighted by Crippen LogP contribution is 2.55. The quantitative estimate of drug-likeness (QED) is 0.667. The van der Waals surface area contributed by atoms with Crippen molar-refractivity contribution in [3.63, 3.8) is 0 Å². The second-order valence-electron chi connectivity index (χ2n) is 6.11. The van der Waals surface area contributed by atoms with E-state index in [1.54, 1.807) is 0 Å². The van der Waals surface area contributed by atoms with Crippen molar-refractivity contribution in [2.24, 2.45) is 0 Å². The lowest BCUT2D eigenvalue weighted by atomic mass is 9.70. The minimum atomic E-state index is -0.543. The Morgan fingerprint density at radius 2 is 2.09 bits per heavy atom. The molecule has 3 aromatic rings. The van der Waals surface area contributed by atoms with Crippen molar-refractivity contribution in [1.29, 1.82) is 0 Å². The Morgan fingerprint density at radius 3 is 3.00 bits per heavy atom. The van der Waals surface area contributed by atoms with Crippen LogP contribution in [0.1, 0.15) is 34.4 Å². The molecule has 2 N–H and O–H groups in total. The van der Waals surface area contributed by atoms with Crippen LogP contribution in [-0.2, 0) is 11.8 Å². The van der Waals surface area contributed by atoms with Crippen molar-refractivity contribution in [2.75, 3.05) is 0 Å². The zero-order valence-corrected chi connectivity index (χ0v) is 12.5. The highest BCUT2D eigenvalue weighted by molar-refractivity contribution is 5.64. The summed E-state index contributed by atoms with van der Waals surface area (Å²) in [7, 11) is 0. The molecule has 1 atom stereocenters. The van der Waals surface area contributed by atoms with E-state index in [0.717, 1.165) is 29.7 Å². The summed E-state index contributed by atoms with van der Waals surface area (Å²) in [6, 6.07) is 8.27. The third-order valence-electron chi connectivity index (χ3n) is 5.03. The maximum atomic E-state index is 12.7. The van der Waals surface area contributed by atoms with E-state index in [0.29, 0.717) is 17.3 Å². The fourth-order valence-electron chi connectivity index (χ4n) is 4.17. The van der Waals surface area contributed by atoms with Crippen LogP contribution >= 0.6 is 0 Å². The number of rotatable bonds is 0. The average Bonchev–Trinajstić information content (AvgIpc) is 3.11. The second kappa shape index (κ2) is 4.10. The van der Waals surface area contributed by atoms with Crippen molar-refractivity contribution in [1.82, 2.24) is 20.2 Å². The van der Waals surface area contributed by atoms with Gasteiger partial charge in [-0.05, 0) is 30.9 Å². The van der Waals surface area contributed by atoms with Crippen LogP contribution in [0.25, 0.3) is 0 Å². The molecule has 1 aliphatic heterocycles. The molecule has 6 nitrogen and oxygen atoms in total. The van der Waals surface area contributed by atoms with Gasteiger partial charge in [0.15, 0.2) is 0 Å². The maximum absolute atomic E-state index is 12.7. The van der Waals surface area contributed by atoms with Crippen LogP contribution < -0.4 is 10.3 Å².